The molecule has 0 aliphatic heterocycles. The average Bonchev–Trinajstić information content (AvgIpc) is 2.48. The molecule has 0 spiro atoms. The third-order valence-electron chi connectivity index (χ3n) is 3.59. The van der Waals surface area contributed by atoms with Crippen LogP contribution in [0.1, 0.15) is 69.4 Å². The van der Waals surface area contributed by atoms with E-state index in [1.165, 1.54) is 32.1 Å². The molecule has 1 aromatic rings. The fourth-order valence-electron chi connectivity index (χ4n) is 2.20. The lowest BCUT2D eigenvalue weighted by Crippen LogP contribution is -2.16. The van der Waals surface area contributed by atoms with Crippen LogP contribution < -0.4 is 5.43 Å². The summed E-state index contributed by atoms with van der Waals surface area (Å²) in [4.78, 5) is 11.6. The first kappa shape index (κ1) is 17.4. The smallest absolute Gasteiger partial charge is 0.240 e. The van der Waals surface area contributed by atoms with Crippen LogP contribution in [-0.2, 0) is 4.79 Å². The van der Waals surface area contributed by atoms with Crippen LogP contribution >= 0.6 is 0 Å². The monoisotopic (exact) mass is 288 g/mol. The number of aryl methyl sites for hydroxylation is 1. The summed E-state index contributed by atoms with van der Waals surface area (Å²) in [6, 6.07) is 7.98. The Morgan fingerprint density at radius 2 is 1.76 bits per heavy atom. The minimum Gasteiger partial charge on any atom is -0.273 e. The van der Waals surface area contributed by atoms with E-state index in [0.717, 1.165) is 24.0 Å². The Balaban J connectivity index is 2.10. The standard InChI is InChI=1S/C18H28N2O/c1-3-4-5-6-7-8-9-14-18(21)20-19-15-17-13-11-10-12-16(17)2/h10-13,15H,3-9,14H2,1-2H3,(H,20,21). The van der Waals surface area contributed by atoms with Crippen LogP contribution in [0.25, 0.3) is 0 Å². The van der Waals surface area contributed by atoms with Crippen molar-refractivity contribution in [1.82, 2.24) is 5.43 Å². The van der Waals surface area contributed by atoms with Gasteiger partial charge in [0, 0.05) is 6.42 Å². The molecule has 0 atom stereocenters. The molecule has 0 aliphatic rings. The van der Waals surface area contributed by atoms with Crippen molar-refractivity contribution >= 4 is 12.1 Å². The van der Waals surface area contributed by atoms with E-state index in [9.17, 15) is 4.79 Å². The Morgan fingerprint density at radius 3 is 2.48 bits per heavy atom. The lowest BCUT2D eigenvalue weighted by atomic mass is 10.1. The van der Waals surface area contributed by atoms with Gasteiger partial charge in [0.1, 0.15) is 0 Å². The molecule has 1 rings (SSSR count). The molecule has 21 heavy (non-hydrogen) atoms. The predicted molar refractivity (Wildman–Crippen MR) is 89.5 cm³/mol. The third-order valence-corrected chi connectivity index (χ3v) is 3.59. The average molecular weight is 288 g/mol. The van der Waals surface area contributed by atoms with Crippen LogP contribution in [0.2, 0.25) is 0 Å². The van der Waals surface area contributed by atoms with E-state index in [-0.39, 0.29) is 5.91 Å². The molecule has 3 heteroatoms. The van der Waals surface area contributed by atoms with Crippen LogP contribution in [0.4, 0.5) is 0 Å². The van der Waals surface area contributed by atoms with Crippen molar-refractivity contribution in [1.29, 1.82) is 0 Å². The normalized spacial score (nSPS) is 11.0. The zero-order valence-electron chi connectivity index (χ0n) is 13.4. The number of rotatable bonds is 10. The molecule has 0 radical (unpaired) electrons. The second-order valence-electron chi connectivity index (χ2n) is 5.52. The summed E-state index contributed by atoms with van der Waals surface area (Å²) < 4.78 is 0. The first-order valence-corrected chi connectivity index (χ1v) is 8.11. The molecule has 116 valence electrons. The number of hydrogen-bond donors (Lipinski definition) is 1. The lowest BCUT2D eigenvalue weighted by molar-refractivity contribution is -0.121. The molecule has 0 aromatic heterocycles. The summed E-state index contributed by atoms with van der Waals surface area (Å²) in [6.07, 6.45) is 10.8. The van der Waals surface area contributed by atoms with Gasteiger partial charge in [-0.1, -0.05) is 69.7 Å². The molecule has 1 aromatic carbocycles. The Hall–Kier alpha value is -1.64. The fraction of sp³-hybridized carbons (Fsp3) is 0.556. The summed E-state index contributed by atoms with van der Waals surface area (Å²) in [6.45, 7) is 4.25. The summed E-state index contributed by atoms with van der Waals surface area (Å²) in [5, 5.41) is 4.02. The van der Waals surface area contributed by atoms with E-state index >= 15 is 0 Å². The maximum atomic E-state index is 11.6. The second-order valence-corrected chi connectivity index (χ2v) is 5.52. The molecule has 0 unspecified atom stereocenters. The van der Waals surface area contributed by atoms with Crippen molar-refractivity contribution in [3.05, 3.63) is 35.4 Å². The highest BCUT2D eigenvalue weighted by Crippen LogP contribution is 2.08. The maximum absolute atomic E-state index is 11.6. The van der Waals surface area contributed by atoms with Crippen molar-refractivity contribution in [2.75, 3.05) is 0 Å². The molecule has 0 aliphatic carbocycles. The number of benzene rings is 1. The van der Waals surface area contributed by atoms with Gasteiger partial charge in [-0.2, -0.15) is 5.10 Å². The zero-order valence-corrected chi connectivity index (χ0v) is 13.4. The van der Waals surface area contributed by atoms with Crippen molar-refractivity contribution in [2.45, 2.75) is 65.2 Å². The van der Waals surface area contributed by atoms with Gasteiger partial charge in [-0.15, -0.1) is 0 Å². The van der Waals surface area contributed by atoms with E-state index in [1.54, 1.807) is 6.21 Å². The van der Waals surface area contributed by atoms with Gasteiger partial charge in [0.25, 0.3) is 0 Å². The molecule has 1 amide bonds. The predicted octanol–water partition coefficient (Wildman–Crippen LogP) is 4.59. The van der Waals surface area contributed by atoms with Crippen molar-refractivity contribution in [2.24, 2.45) is 5.10 Å². The van der Waals surface area contributed by atoms with Crippen molar-refractivity contribution in [3.63, 3.8) is 0 Å². The molecule has 1 N–H and O–H groups in total. The van der Waals surface area contributed by atoms with Crippen molar-refractivity contribution in [3.8, 4) is 0 Å². The largest absolute Gasteiger partial charge is 0.273 e. The van der Waals surface area contributed by atoms with Crippen LogP contribution in [0, 0.1) is 6.92 Å². The zero-order chi connectivity index (χ0) is 15.3. The van der Waals surface area contributed by atoms with E-state index in [0.29, 0.717) is 6.42 Å². The van der Waals surface area contributed by atoms with Gasteiger partial charge in [0.2, 0.25) is 5.91 Å². The van der Waals surface area contributed by atoms with Gasteiger partial charge in [0.15, 0.2) is 0 Å². The minimum absolute atomic E-state index is 0.00777. The molecular formula is C18H28N2O. The summed E-state index contributed by atoms with van der Waals surface area (Å²) >= 11 is 0. The van der Waals surface area contributed by atoms with E-state index in [1.807, 2.05) is 31.2 Å². The fourth-order valence-corrected chi connectivity index (χ4v) is 2.20. The first-order chi connectivity index (χ1) is 10.2. The number of hydrazone groups is 1. The Bertz CT molecular complexity index is 441. The molecule has 0 bridgehead atoms. The highest BCUT2D eigenvalue weighted by Gasteiger charge is 1.99. The van der Waals surface area contributed by atoms with E-state index in [2.05, 4.69) is 17.5 Å². The Morgan fingerprint density at radius 1 is 1.10 bits per heavy atom. The highest BCUT2D eigenvalue weighted by atomic mass is 16.2. The minimum atomic E-state index is 0.00777. The number of carbonyl (C=O) groups is 1. The Labute approximate surface area is 128 Å². The first-order valence-electron chi connectivity index (χ1n) is 8.11. The van der Waals surface area contributed by atoms with Gasteiger partial charge in [-0.05, 0) is 24.5 Å². The topological polar surface area (TPSA) is 41.5 Å². The highest BCUT2D eigenvalue weighted by molar-refractivity contribution is 5.83. The second kappa shape index (κ2) is 11.1. The molecule has 3 nitrogen and oxygen atoms in total. The lowest BCUT2D eigenvalue weighted by Gasteiger charge is -2.02. The molecule has 0 saturated heterocycles. The summed E-state index contributed by atoms with van der Waals surface area (Å²) in [5.41, 5.74) is 4.79. The molecular weight excluding hydrogens is 260 g/mol. The van der Waals surface area contributed by atoms with Gasteiger partial charge >= 0.3 is 0 Å². The van der Waals surface area contributed by atoms with Gasteiger partial charge in [-0.25, -0.2) is 5.43 Å². The quantitative estimate of drug-likeness (QED) is 0.382. The number of unbranched alkanes of at least 4 members (excludes halogenated alkanes) is 6. The summed E-state index contributed by atoms with van der Waals surface area (Å²) in [5.74, 6) is 0.00777. The number of nitrogens with zero attached hydrogens (tertiary/aromatic N) is 1. The van der Waals surface area contributed by atoms with Crippen LogP contribution in [0.15, 0.2) is 29.4 Å². The van der Waals surface area contributed by atoms with E-state index in [4.69, 9.17) is 0 Å². The van der Waals surface area contributed by atoms with Crippen LogP contribution in [0.3, 0.4) is 0 Å². The Kier molecular flexibility index (Phi) is 9.18. The third kappa shape index (κ3) is 8.28. The van der Waals surface area contributed by atoms with Gasteiger partial charge in [-0.3, -0.25) is 4.79 Å². The maximum Gasteiger partial charge on any atom is 0.240 e. The number of carbonyl (C=O) groups excluding carboxylic acids is 1. The SMILES string of the molecule is CCCCCCCCCC(=O)NN=Cc1ccccc1C. The summed E-state index contributed by atoms with van der Waals surface area (Å²) in [7, 11) is 0. The van der Waals surface area contributed by atoms with Gasteiger partial charge < -0.3 is 0 Å². The number of hydrogen-bond acceptors (Lipinski definition) is 2. The van der Waals surface area contributed by atoms with E-state index < -0.39 is 0 Å². The molecule has 0 fully saturated rings. The number of amides is 1. The van der Waals surface area contributed by atoms with Crippen molar-refractivity contribution < 1.29 is 4.79 Å². The molecule has 0 heterocycles. The van der Waals surface area contributed by atoms with Gasteiger partial charge in [0.05, 0.1) is 6.21 Å². The molecule has 0 saturated carbocycles. The van der Waals surface area contributed by atoms with Crippen LogP contribution in [0.5, 0.6) is 0 Å². The number of nitrogens with one attached hydrogen (secondary N) is 1. The van der Waals surface area contributed by atoms with Crippen LogP contribution in [-0.4, -0.2) is 12.1 Å².